The van der Waals surface area contributed by atoms with Crippen LogP contribution < -0.4 is 11.3 Å². The highest BCUT2D eigenvalue weighted by Crippen LogP contribution is 2.10. The van der Waals surface area contributed by atoms with Gasteiger partial charge in [0.2, 0.25) is 0 Å². The fourth-order valence-corrected chi connectivity index (χ4v) is 1.36. The summed E-state index contributed by atoms with van der Waals surface area (Å²) in [5, 5.41) is 0. The summed E-state index contributed by atoms with van der Waals surface area (Å²) in [6, 6.07) is 4.27. The van der Waals surface area contributed by atoms with E-state index in [1.54, 1.807) is 6.26 Å². The van der Waals surface area contributed by atoms with E-state index in [9.17, 15) is 0 Å². The minimum Gasteiger partial charge on any atom is -0.469 e. The molecule has 0 radical (unpaired) electrons. The number of hydrazine groups is 1. The standard InChI is InChI=1S/C10H18N2O/c1-8(2)10(12-11)6-5-9-4-3-7-13-9/h3-4,7-8,10,12H,5-6,11H2,1-2H3. The van der Waals surface area contributed by atoms with E-state index in [-0.39, 0.29) is 0 Å². The highest BCUT2D eigenvalue weighted by Gasteiger charge is 2.11. The molecule has 3 heteroatoms. The van der Waals surface area contributed by atoms with Gasteiger partial charge in [-0.3, -0.25) is 11.3 Å². The molecule has 1 rings (SSSR count). The summed E-state index contributed by atoms with van der Waals surface area (Å²) < 4.78 is 5.24. The molecule has 0 aliphatic carbocycles. The third-order valence-electron chi connectivity index (χ3n) is 2.30. The first-order chi connectivity index (χ1) is 6.24. The Hall–Kier alpha value is -0.800. The van der Waals surface area contributed by atoms with Gasteiger partial charge in [0.15, 0.2) is 0 Å². The van der Waals surface area contributed by atoms with Gasteiger partial charge in [-0.15, -0.1) is 0 Å². The van der Waals surface area contributed by atoms with Gasteiger partial charge in [-0.2, -0.15) is 0 Å². The molecule has 0 spiro atoms. The van der Waals surface area contributed by atoms with E-state index in [1.807, 2.05) is 12.1 Å². The Morgan fingerprint density at radius 2 is 2.31 bits per heavy atom. The summed E-state index contributed by atoms with van der Waals surface area (Å²) in [4.78, 5) is 0. The van der Waals surface area contributed by atoms with E-state index in [2.05, 4.69) is 19.3 Å². The van der Waals surface area contributed by atoms with Crippen molar-refractivity contribution in [2.45, 2.75) is 32.7 Å². The Kier molecular flexibility index (Phi) is 3.99. The predicted molar refractivity (Wildman–Crippen MR) is 53.0 cm³/mol. The number of hydrogen-bond donors (Lipinski definition) is 2. The average Bonchev–Trinajstić information content (AvgIpc) is 2.57. The maximum atomic E-state index is 5.43. The van der Waals surface area contributed by atoms with E-state index in [4.69, 9.17) is 10.3 Å². The molecule has 1 heterocycles. The maximum Gasteiger partial charge on any atom is 0.103 e. The molecule has 1 aromatic heterocycles. The first-order valence-electron chi connectivity index (χ1n) is 4.72. The Morgan fingerprint density at radius 3 is 2.77 bits per heavy atom. The van der Waals surface area contributed by atoms with Crippen LogP contribution in [0, 0.1) is 5.92 Å². The highest BCUT2D eigenvalue weighted by molar-refractivity contribution is 4.98. The Balaban J connectivity index is 2.32. The van der Waals surface area contributed by atoms with Crippen molar-refractivity contribution in [3.05, 3.63) is 24.2 Å². The van der Waals surface area contributed by atoms with Gasteiger partial charge in [-0.05, 0) is 24.5 Å². The SMILES string of the molecule is CC(C)C(CCc1ccco1)NN. The van der Waals surface area contributed by atoms with E-state index >= 15 is 0 Å². The molecular formula is C10H18N2O. The quantitative estimate of drug-likeness (QED) is 0.538. The van der Waals surface area contributed by atoms with Crippen molar-refractivity contribution >= 4 is 0 Å². The van der Waals surface area contributed by atoms with Crippen LogP contribution >= 0.6 is 0 Å². The topological polar surface area (TPSA) is 51.2 Å². The molecule has 0 saturated heterocycles. The largest absolute Gasteiger partial charge is 0.469 e. The number of furan rings is 1. The summed E-state index contributed by atoms with van der Waals surface area (Å²) in [6.45, 7) is 4.32. The fraction of sp³-hybridized carbons (Fsp3) is 0.600. The number of aryl methyl sites for hydroxylation is 1. The molecule has 0 saturated carbocycles. The highest BCUT2D eigenvalue weighted by atomic mass is 16.3. The first kappa shape index (κ1) is 10.3. The second kappa shape index (κ2) is 5.04. The normalized spacial score (nSPS) is 13.5. The molecular weight excluding hydrogens is 164 g/mol. The maximum absolute atomic E-state index is 5.43. The van der Waals surface area contributed by atoms with Crippen molar-refractivity contribution in [2.75, 3.05) is 0 Å². The summed E-state index contributed by atoms with van der Waals surface area (Å²) in [5.41, 5.74) is 2.82. The van der Waals surface area contributed by atoms with Crippen LogP contribution in [-0.2, 0) is 6.42 Å². The average molecular weight is 182 g/mol. The van der Waals surface area contributed by atoms with Crippen LogP contribution in [0.3, 0.4) is 0 Å². The van der Waals surface area contributed by atoms with Gasteiger partial charge >= 0.3 is 0 Å². The second-order valence-electron chi connectivity index (χ2n) is 3.64. The van der Waals surface area contributed by atoms with Crippen LogP contribution in [-0.4, -0.2) is 6.04 Å². The lowest BCUT2D eigenvalue weighted by molar-refractivity contribution is 0.371. The number of hydrogen-bond acceptors (Lipinski definition) is 3. The molecule has 74 valence electrons. The molecule has 1 atom stereocenters. The van der Waals surface area contributed by atoms with Gasteiger partial charge in [0, 0.05) is 12.5 Å². The van der Waals surface area contributed by atoms with Crippen molar-refractivity contribution in [2.24, 2.45) is 11.8 Å². The zero-order valence-electron chi connectivity index (χ0n) is 8.29. The van der Waals surface area contributed by atoms with E-state index < -0.39 is 0 Å². The first-order valence-corrected chi connectivity index (χ1v) is 4.72. The molecule has 0 bridgehead atoms. The van der Waals surface area contributed by atoms with E-state index in [0.717, 1.165) is 18.6 Å². The lowest BCUT2D eigenvalue weighted by Gasteiger charge is -2.18. The number of rotatable bonds is 5. The summed E-state index contributed by atoms with van der Waals surface area (Å²) >= 11 is 0. The van der Waals surface area contributed by atoms with Gasteiger partial charge < -0.3 is 4.42 Å². The Bertz CT molecular complexity index is 219. The predicted octanol–water partition coefficient (Wildman–Crippen LogP) is 1.70. The minimum absolute atomic E-state index is 0.366. The molecule has 3 nitrogen and oxygen atoms in total. The lowest BCUT2D eigenvalue weighted by Crippen LogP contribution is -2.39. The van der Waals surface area contributed by atoms with Crippen molar-refractivity contribution < 1.29 is 4.42 Å². The molecule has 0 fully saturated rings. The van der Waals surface area contributed by atoms with Crippen LogP contribution in [0.1, 0.15) is 26.0 Å². The molecule has 1 unspecified atom stereocenters. The zero-order chi connectivity index (χ0) is 9.68. The second-order valence-corrected chi connectivity index (χ2v) is 3.64. The smallest absolute Gasteiger partial charge is 0.103 e. The third kappa shape index (κ3) is 3.20. The molecule has 0 aromatic carbocycles. The number of nitrogens with two attached hydrogens (primary N) is 1. The van der Waals surface area contributed by atoms with Gasteiger partial charge in [-0.1, -0.05) is 13.8 Å². The fourth-order valence-electron chi connectivity index (χ4n) is 1.36. The van der Waals surface area contributed by atoms with Gasteiger partial charge in [0.05, 0.1) is 6.26 Å². The van der Waals surface area contributed by atoms with Crippen molar-refractivity contribution in [3.8, 4) is 0 Å². The molecule has 13 heavy (non-hydrogen) atoms. The van der Waals surface area contributed by atoms with Crippen LogP contribution in [0.25, 0.3) is 0 Å². The Morgan fingerprint density at radius 1 is 1.54 bits per heavy atom. The van der Waals surface area contributed by atoms with Crippen LogP contribution in [0.5, 0.6) is 0 Å². The summed E-state index contributed by atoms with van der Waals surface area (Å²) in [6.07, 6.45) is 3.66. The summed E-state index contributed by atoms with van der Waals surface area (Å²) in [5.74, 6) is 7.02. The van der Waals surface area contributed by atoms with Crippen LogP contribution in [0.15, 0.2) is 22.8 Å². The number of nitrogens with one attached hydrogen (secondary N) is 1. The van der Waals surface area contributed by atoms with Crippen LogP contribution in [0.4, 0.5) is 0 Å². The third-order valence-corrected chi connectivity index (χ3v) is 2.30. The minimum atomic E-state index is 0.366. The molecule has 0 aliphatic heterocycles. The Labute approximate surface area is 79.3 Å². The van der Waals surface area contributed by atoms with Crippen molar-refractivity contribution in [1.82, 2.24) is 5.43 Å². The van der Waals surface area contributed by atoms with Gasteiger partial charge in [0.1, 0.15) is 5.76 Å². The van der Waals surface area contributed by atoms with Crippen molar-refractivity contribution in [3.63, 3.8) is 0 Å². The van der Waals surface area contributed by atoms with Gasteiger partial charge in [-0.25, -0.2) is 0 Å². The van der Waals surface area contributed by atoms with E-state index in [0.29, 0.717) is 12.0 Å². The molecule has 0 amide bonds. The monoisotopic (exact) mass is 182 g/mol. The van der Waals surface area contributed by atoms with E-state index in [1.165, 1.54) is 0 Å². The lowest BCUT2D eigenvalue weighted by atomic mass is 9.99. The zero-order valence-corrected chi connectivity index (χ0v) is 8.29. The van der Waals surface area contributed by atoms with Gasteiger partial charge in [0.25, 0.3) is 0 Å². The van der Waals surface area contributed by atoms with Crippen molar-refractivity contribution in [1.29, 1.82) is 0 Å². The molecule has 0 aliphatic rings. The molecule has 1 aromatic rings. The van der Waals surface area contributed by atoms with Crippen LogP contribution in [0.2, 0.25) is 0 Å². The molecule has 3 N–H and O–H groups in total. The summed E-state index contributed by atoms with van der Waals surface area (Å²) in [7, 11) is 0.